The standard InChI is InChI=1S/C20H19Cl2N5/c1-10-3-2-4-11-7-16(25-17(10)11)20-26-18(14(9-23)19(24)27-20)13-6-5-12(21)8-15(13)22/h2-8,10,17,25H,9,23H2,1H3,(H2,24,26,27). The van der Waals surface area contributed by atoms with Gasteiger partial charge in [-0.15, -0.1) is 0 Å². The van der Waals surface area contributed by atoms with Crippen LogP contribution in [0.4, 0.5) is 5.82 Å². The molecule has 0 saturated heterocycles. The van der Waals surface area contributed by atoms with E-state index in [0.29, 0.717) is 38.9 Å². The Morgan fingerprint density at radius 1 is 1.22 bits per heavy atom. The van der Waals surface area contributed by atoms with E-state index < -0.39 is 0 Å². The molecule has 27 heavy (non-hydrogen) atoms. The Hall–Kier alpha value is -2.34. The molecule has 138 valence electrons. The van der Waals surface area contributed by atoms with E-state index in [1.54, 1.807) is 12.1 Å². The lowest BCUT2D eigenvalue weighted by Crippen LogP contribution is -2.31. The van der Waals surface area contributed by atoms with Gasteiger partial charge >= 0.3 is 0 Å². The van der Waals surface area contributed by atoms with Crippen molar-refractivity contribution in [2.24, 2.45) is 11.7 Å². The minimum absolute atomic E-state index is 0.210. The summed E-state index contributed by atoms with van der Waals surface area (Å²) in [6, 6.07) is 5.48. The van der Waals surface area contributed by atoms with Crippen LogP contribution >= 0.6 is 23.2 Å². The van der Waals surface area contributed by atoms with Gasteiger partial charge in [-0.2, -0.15) is 0 Å². The van der Waals surface area contributed by atoms with Crippen LogP contribution in [0, 0.1) is 5.92 Å². The predicted octanol–water partition coefficient (Wildman–Crippen LogP) is 3.94. The van der Waals surface area contributed by atoms with Crippen LogP contribution in [0.2, 0.25) is 10.0 Å². The van der Waals surface area contributed by atoms with Crippen molar-refractivity contribution in [3.05, 3.63) is 69.5 Å². The highest BCUT2D eigenvalue weighted by Crippen LogP contribution is 2.35. The molecule has 2 heterocycles. The molecular formula is C20H19Cl2N5. The average molecular weight is 400 g/mol. The number of nitrogens with one attached hydrogen (secondary N) is 1. The highest BCUT2D eigenvalue weighted by molar-refractivity contribution is 6.36. The van der Waals surface area contributed by atoms with Gasteiger partial charge in [-0.05, 0) is 35.8 Å². The Labute approximate surface area is 167 Å². The highest BCUT2D eigenvalue weighted by atomic mass is 35.5. The van der Waals surface area contributed by atoms with Gasteiger partial charge < -0.3 is 16.8 Å². The van der Waals surface area contributed by atoms with Crippen molar-refractivity contribution in [1.82, 2.24) is 15.3 Å². The quantitative estimate of drug-likeness (QED) is 0.726. The van der Waals surface area contributed by atoms with Crippen molar-refractivity contribution in [1.29, 1.82) is 0 Å². The van der Waals surface area contributed by atoms with Crippen molar-refractivity contribution in [2.75, 3.05) is 5.73 Å². The molecule has 5 nitrogen and oxygen atoms in total. The van der Waals surface area contributed by atoms with Gasteiger partial charge in [0.15, 0.2) is 5.82 Å². The van der Waals surface area contributed by atoms with Crippen molar-refractivity contribution < 1.29 is 0 Å². The fourth-order valence-corrected chi connectivity index (χ4v) is 3.94. The smallest absolute Gasteiger partial charge is 0.178 e. The lowest BCUT2D eigenvalue weighted by Gasteiger charge is -2.22. The molecule has 1 aliphatic heterocycles. The first-order valence-electron chi connectivity index (χ1n) is 8.66. The summed E-state index contributed by atoms with van der Waals surface area (Å²) in [7, 11) is 0. The first kappa shape index (κ1) is 18.0. The first-order chi connectivity index (χ1) is 13.0. The van der Waals surface area contributed by atoms with E-state index in [0.717, 1.165) is 11.3 Å². The molecule has 2 aromatic rings. The Morgan fingerprint density at radius 3 is 2.74 bits per heavy atom. The fourth-order valence-electron chi connectivity index (χ4n) is 3.45. The number of nitrogens with zero attached hydrogens (tertiary/aromatic N) is 2. The van der Waals surface area contributed by atoms with E-state index in [-0.39, 0.29) is 12.6 Å². The Balaban J connectivity index is 1.83. The summed E-state index contributed by atoms with van der Waals surface area (Å²) in [5.74, 6) is 1.25. The number of halogens is 2. The van der Waals surface area contributed by atoms with Crippen LogP contribution in [0.1, 0.15) is 18.3 Å². The van der Waals surface area contributed by atoms with Crippen LogP contribution in [0.15, 0.2) is 48.1 Å². The van der Waals surface area contributed by atoms with Crippen LogP contribution in [0.3, 0.4) is 0 Å². The predicted molar refractivity (Wildman–Crippen MR) is 111 cm³/mol. The monoisotopic (exact) mass is 399 g/mol. The molecule has 2 unspecified atom stereocenters. The van der Waals surface area contributed by atoms with E-state index in [1.165, 1.54) is 5.57 Å². The third-order valence-electron chi connectivity index (χ3n) is 4.88. The normalized spacial score (nSPS) is 20.7. The molecule has 0 fully saturated rings. The molecule has 4 rings (SSSR count). The molecule has 7 heteroatoms. The van der Waals surface area contributed by atoms with Crippen molar-refractivity contribution in [2.45, 2.75) is 19.5 Å². The lowest BCUT2D eigenvalue weighted by atomic mass is 9.92. The van der Waals surface area contributed by atoms with Gasteiger partial charge in [0.05, 0.1) is 22.5 Å². The Bertz CT molecular complexity index is 1010. The minimum Gasteiger partial charge on any atom is -0.383 e. The van der Waals surface area contributed by atoms with E-state index in [9.17, 15) is 0 Å². The Kier molecular flexibility index (Phi) is 4.68. The third kappa shape index (κ3) is 3.23. The van der Waals surface area contributed by atoms with Gasteiger partial charge in [-0.25, -0.2) is 9.97 Å². The van der Waals surface area contributed by atoms with E-state index in [2.05, 4.69) is 41.5 Å². The number of nitrogen functional groups attached to an aromatic ring is 1. The maximum Gasteiger partial charge on any atom is 0.178 e. The number of hydrogen-bond donors (Lipinski definition) is 3. The fraction of sp³-hybridized carbons (Fsp3) is 0.200. The second-order valence-electron chi connectivity index (χ2n) is 6.68. The summed E-state index contributed by atoms with van der Waals surface area (Å²) in [4.78, 5) is 9.23. The maximum atomic E-state index is 6.40. The molecule has 0 radical (unpaired) electrons. The number of hydrogen-bond acceptors (Lipinski definition) is 5. The number of nitrogens with two attached hydrogens (primary N) is 2. The first-order valence-corrected chi connectivity index (χ1v) is 9.42. The summed E-state index contributed by atoms with van der Waals surface area (Å²) < 4.78 is 0. The van der Waals surface area contributed by atoms with Crippen molar-refractivity contribution >= 4 is 34.7 Å². The summed E-state index contributed by atoms with van der Waals surface area (Å²) in [6.45, 7) is 2.38. The van der Waals surface area contributed by atoms with E-state index >= 15 is 0 Å². The second-order valence-corrected chi connectivity index (χ2v) is 7.52. The maximum absolute atomic E-state index is 6.40. The van der Waals surface area contributed by atoms with E-state index in [4.69, 9.17) is 39.7 Å². The van der Waals surface area contributed by atoms with Crippen LogP contribution in [0.25, 0.3) is 17.0 Å². The molecule has 2 atom stereocenters. The van der Waals surface area contributed by atoms with Crippen molar-refractivity contribution in [3.8, 4) is 11.3 Å². The molecule has 0 bridgehead atoms. The largest absolute Gasteiger partial charge is 0.383 e. The van der Waals surface area contributed by atoms with Gasteiger partial charge in [-0.1, -0.05) is 48.4 Å². The Morgan fingerprint density at radius 2 is 2.04 bits per heavy atom. The van der Waals surface area contributed by atoms with Gasteiger partial charge in [0, 0.05) is 22.7 Å². The minimum atomic E-state index is 0.210. The van der Waals surface area contributed by atoms with Gasteiger partial charge in [0.1, 0.15) is 5.82 Å². The molecule has 2 aliphatic rings. The van der Waals surface area contributed by atoms with Crippen LogP contribution < -0.4 is 16.8 Å². The van der Waals surface area contributed by atoms with Gasteiger partial charge in [0.2, 0.25) is 0 Å². The molecule has 5 N–H and O–H groups in total. The zero-order valence-corrected chi connectivity index (χ0v) is 16.2. The zero-order chi connectivity index (χ0) is 19.1. The summed E-state index contributed by atoms with van der Waals surface area (Å²) >= 11 is 12.4. The molecule has 0 amide bonds. The SMILES string of the molecule is CC1C=CC=C2C=C(c3nc(N)c(CN)c(-c4ccc(Cl)cc4Cl)n3)NC21. The van der Waals surface area contributed by atoms with Gasteiger partial charge in [-0.3, -0.25) is 0 Å². The van der Waals surface area contributed by atoms with Gasteiger partial charge in [0.25, 0.3) is 0 Å². The number of aromatic nitrogens is 2. The molecule has 1 aromatic heterocycles. The summed E-state index contributed by atoms with van der Waals surface area (Å²) in [5, 5.41) is 4.55. The summed E-state index contributed by atoms with van der Waals surface area (Å²) in [5.41, 5.74) is 16.2. The molecule has 1 aromatic carbocycles. The van der Waals surface area contributed by atoms with E-state index in [1.807, 2.05) is 6.07 Å². The third-order valence-corrected chi connectivity index (χ3v) is 5.43. The molecule has 0 saturated carbocycles. The number of anilines is 1. The second kappa shape index (κ2) is 7.00. The highest BCUT2D eigenvalue weighted by Gasteiger charge is 2.29. The van der Waals surface area contributed by atoms with Crippen LogP contribution in [-0.4, -0.2) is 16.0 Å². The molecule has 1 aliphatic carbocycles. The molecule has 0 spiro atoms. The van der Waals surface area contributed by atoms with Crippen LogP contribution in [0.5, 0.6) is 0 Å². The number of fused-ring (bicyclic) bond motifs is 1. The summed E-state index contributed by atoms with van der Waals surface area (Å²) in [6.07, 6.45) is 8.40. The van der Waals surface area contributed by atoms with Crippen LogP contribution in [-0.2, 0) is 6.54 Å². The number of allylic oxidation sites excluding steroid dienone is 2. The lowest BCUT2D eigenvalue weighted by molar-refractivity contribution is 0.562. The topological polar surface area (TPSA) is 89.8 Å². The number of rotatable bonds is 3. The number of benzene rings is 1. The molecular weight excluding hydrogens is 381 g/mol. The van der Waals surface area contributed by atoms with Crippen molar-refractivity contribution in [3.63, 3.8) is 0 Å². The zero-order valence-electron chi connectivity index (χ0n) is 14.7. The average Bonchev–Trinajstić information content (AvgIpc) is 3.07.